The van der Waals surface area contributed by atoms with Crippen molar-refractivity contribution >= 4 is 17.4 Å². The van der Waals surface area contributed by atoms with Gasteiger partial charge in [-0.1, -0.05) is 12.1 Å². The normalized spacial score (nSPS) is 12.2. The van der Waals surface area contributed by atoms with Crippen molar-refractivity contribution in [3.63, 3.8) is 0 Å². The summed E-state index contributed by atoms with van der Waals surface area (Å²) in [5.41, 5.74) is 2.19. The SMILES string of the molecule is CCNC(=O)c1ccc2c(c1)N=C(N(CC)CCNC)c1ccccc1O2. The molecule has 2 aromatic carbocycles. The first-order chi connectivity index (χ1) is 13.2. The first-order valence-corrected chi connectivity index (χ1v) is 9.35. The third-order valence-corrected chi connectivity index (χ3v) is 4.45. The Hall–Kier alpha value is -2.86. The van der Waals surface area contributed by atoms with Crippen LogP contribution in [0.1, 0.15) is 29.8 Å². The summed E-state index contributed by atoms with van der Waals surface area (Å²) in [6.45, 7) is 7.09. The number of aliphatic imine (C=N–C) groups is 1. The van der Waals surface area contributed by atoms with Crippen LogP contribution in [0, 0.1) is 0 Å². The molecule has 0 atom stereocenters. The average molecular weight is 366 g/mol. The summed E-state index contributed by atoms with van der Waals surface area (Å²) in [6.07, 6.45) is 0. The largest absolute Gasteiger partial charge is 0.454 e. The van der Waals surface area contributed by atoms with Crippen LogP contribution in [-0.2, 0) is 0 Å². The Bertz CT molecular complexity index is 848. The molecule has 6 nitrogen and oxygen atoms in total. The molecule has 6 heteroatoms. The van der Waals surface area contributed by atoms with Crippen LogP contribution < -0.4 is 15.4 Å². The maximum absolute atomic E-state index is 12.2. The number of amidine groups is 1. The van der Waals surface area contributed by atoms with Crippen LogP contribution in [0.5, 0.6) is 11.5 Å². The molecule has 1 amide bonds. The van der Waals surface area contributed by atoms with Crippen molar-refractivity contribution in [2.24, 2.45) is 4.99 Å². The smallest absolute Gasteiger partial charge is 0.251 e. The van der Waals surface area contributed by atoms with Gasteiger partial charge in [0.2, 0.25) is 0 Å². The van der Waals surface area contributed by atoms with Gasteiger partial charge in [0.25, 0.3) is 5.91 Å². The fourth-order valence-electron chi connectivity index (χ4n) is 3.03. The predicted molar refractivity (Wildman–Crippen MR) is 108 cm³/mol. The average Bonchev–Trinajstić information content (AvgIpc) is 2.85. The number of nitrogens with one attached hydrogen (secondary N) is 2. The molecule has 3 rings (SSSR count). The number of hydrogen-bond donors (Lipinski definition) is 2. The van der Waals surface area contributed by atoms with E-state index >= 15 is 0 Å². The fourth-order valence-corrected chi connectivity index (χ4v) is 3.03. The van der Waals surface area contributed by atoms with E-state index in [1.54, 1.807) is 12.1 Å². The molecule has 1 aliphatic rings. The lowest BCUT2D eigenvalue weighted by atomic mass is 10.1. The van der Waals surface area contributed by atoms with Gasteiger partial charge >= 0.3 is 0 Å². The van der Waals surface area contributed by atoms with Crippen LogP contribution in [0.25, 0.3) is 0 Å². The van der Waals surface area contributed by atoms with Gasteiger partial charge in [0.15, 0.2) is 5.75 Å². The molecule has 0 unspecified atom stereocenters. The van der Waals surface area contributed by atoms with Gasteiger partial charge in [0, 0.05) is 31.7 Å². The molecule has 0 saturated carbocycles. The first-order valence-electron chi connectivity index (χ1n) is 9.35. The summed E-state index contributed by atoms with van der Waals surface area (Å²) in [5.74, 6) is 2.16. The summed E-state index contributed by atoms with van der Waals surface area (Å²) in [4.78, 5) is 19.4. The van der Waals surface area contributed by atoms with Gasteiger partial charge in [0.1, 0.15) is 17.3 Å². The summed E-state index contributed by atoms with van der Waals surface area (Å²) in [5, 5.41) is 6.02. The van der Waals surface area contributed by atoms with Crippen molar-refractivity contribution in [2.45, 2.75) is 13.8 Å². The molecule has 0 fully saturated rings. The zero-order chi connectivity index (χ0) is 19.2. The minimum absolute atomic E-state index is 0.110. The van der Waals surface area contributed by atoms with E-state index < -0.39 is 0 Å². The first kappa shape index (κ1) is 18.9. The molecule has 2 N–H and O–H groups in total. The van der Waals surface area contributed by atoms with Crippen LogP contribution in [0.15, 0.2) is 47.5 Å². The molecule has 0 bridgehead atoms. The second-order valence-electron chi connectivity index (χ2n) is 6.26. The van der Waals surface area contributed by atoms with Gasteiger partial charge < -0.3 is 20.3 Å². The monoisotopic (exact) mass is 366 g/mol. The minimum Gasteiger partial charge on any atom is -0.454 e. The van der Waals surface area contributed by atoms with Crippen molar-refractivity contribution in [3.05, 3.63) is 53.6 Å². The molecule has 0 aliphatic carbocycles. The Kier molecular flexibility index (Phi) is 6.08. The van der Waals surface area contributed by atoms with Gasteiger partial charge in [-0.15, -0.1) is 0 Å². The standard InChI is InChI=1S/C21H26N4O2/c1-4-23-21(26)15-10-11-19-17(14-15)24-20(25(5-2)13-12-22-3)16-8-6-7-9-18(16)27-19/h6-11,14,22H,4-5,12-13H2,1-3H3,(H,23,26). The highest BCUT2D eigenvalue weighted by molar-refractivity contribution is 6.04. The molecular weight excluding hydrogens is 340 g/mol. The van der Waals surface area contributed by atoms with E-state index in [1.165, 1.54) is 0 Å². The lowest BCUT2D eigenvalue weighted by molar-refractivity contribution is 0.0956. The minimum atomic E-state index is -0.110. The van der Waals surface area contributed by atoms with E-state index in [1.807, 2.05) is 44.3 Å². The number of hydrogen-bond acceptors (Lipinski definition) is 5. The van der Waals surface area contributed by atoms with Crippen LogP contribution in [-0.4, -0.2) is 49.9 Å². The molecular formula is C21H26N4O2. The molecule has 142 valence electrons. The van der Waals surface area contributed by atoms with Crippen molar-refractivity contribution in [3.8, 4) is 11.5 Å². The van der Waals surface area contributed by atoms with E-state index in [9.17, 15) is 4.79 Å². The number of carbonyl (C=O) groups excluding carboxylic acids is 1. The summed E-state index contributed by atoms with van der Waals surface area (Å²) in [7, 11) is 1.94. The second kappa shape index (κ2) is 8.68. The van der Waals surface area contributed by atoms with Gasteiger partial charge in [-0.05, 0) is 51.2 Å². The zero-order valence-corrected chi connectivity index (χ0v) is 16.1. The molecule has 0 saturated heterocycles. The lowest BCUT2D eigenvalue weighted by Gasteiger charge is -2.24. The van der Waals surface area contributed by atoms with Crippen molar-refractivity contribution < 1.29 is 9.53 Å². The maximum Gasteiger partial charge on any atom is 0.251 e. The highest BCUT2D eigenvalue weighted by Gasteiger charge is 2.22. The van der Waals surface area contributed by atoms with Crippen molar-refractivity contribution in [1.82, 2.24) is 15.5 Å². The molecule has 0 aromatic heterocycles. The third kappa shape index (κ3) is 4.11. The Morgan fingerprint density at radius 2 is 1.96 bits per heavy atom. The van der Waals surface area contributed by atoms with Gasteiger partial charge in [0.05, 0.1) is 5.56 Å². The Labute approximate surface area is 160 Å². The fraction of sp³-hybridized carbons (Fsp3) is 0.333. The maximum atomic E-state index is 12.2. The van der Waals surface area contributed by atoms with Gasteiger partial charge in [-0.3, -0.25) is 4.79 Å². The number of nitrogens with zero attached hydrogens (tertiary/aromatic N) is 2. The second-order valence-corrected chi connectivity index (χ2v) is 6.26. The highest BCUT2D eigenvalue weighted by Crippen LogP contribution is 2.38. The number of ether oxygens (including phenoxy) is 1. The van der Waals surface area contributed by atoms with Crippen molar-refractivity contribution in [2.75, 3.05) is 33.2 Å². The summed E-state index contributed by atoms with van der Waals surface area (Å²) >= 11 is 0. The predicted octanol–water partition coefficient (Wildman–Crippen LogP) is 3.16. The Balaban J connectivity index is 2.09. The molecule has 27 heavy (non-hydrogen) atoms. The van der Waals surface area contributed by atoms with Crippen LogP contribution in [0.3, 0.4) is 0 Å². The van der Waals surface area contributed by atoms with Crippen LogP contribution in [0.2, 0.25) is 0 Å². The quantitative estimate of drug-likeness (QED) is 0.824. The number of carbonyl (C=O) groups is 1. The van der Waals surface area contributed by atoms with Crippen LogP contribution >= 0.6 is 0 Å². The summed E-state index contributed by atoms with van der Waals surface area (Å²) < 4.78 is 6.14. The number of benzene rings is 2. The number of para-hydroxylation sites is 1. The molecule has 0 spiro atoms. The highest BCUT2D eigenvalue weighted by atomic mass is 16.5. The van der Waals surface area contributed by atoms with E-state index in [0.29, 0.717) is 23.5 Å². The molecule has 1 heterocycles. The van der Waals surface area contributed by atoms with E-state index in [4.69, 9.17) is 9.73 Å². The number of rotatable bonds is 6. The van der Waals surface area contributed by atoms with E-state index in [2.05, 4.69) is 22.5 Å². The molecule has 1 aliphatic heterocycles. The number of fused-ring (bicyclic) bond motifs is 2. The van der Waals surface area contributed by atoms with E-state index in [-0.39, 0.29) is 5.91 Å². The third-order valence-electron chi connectivity index (χ3n) is 4.45. The topological polar surface area (TPSA) is 66.0 Å². The number of amides is 1. The number of likely N-dealkylation sites (N-methyl/N-ethyl adjacent to an activating group) is 2. The zero-order valence-electron chi connectivity index (χ0n) is 16.1. The Morgan fingerprint density at radius 3 is 2.70 bits per heavy atom. The summed E-state index contributed by atoms with van der Waals surface area (Å²) in [6, 6.07) is 13.3. The lowest BCUT2D eigenvalue weighted by Crippen LogP contribution is -2.36. The van der Waals surface area contributed by atoms with Gasteiger partial charge in [-0.25, -0.2) is 4.99 Å². The van der Waals surface area contributed by atoms with E-state index in [0.717, 1.165) is 36.8 Å². The molecule has 2 aromatic rings. The van der Waals surface area contributed by atoms with Gasteiger partial charge in [-0.2, -0.15) is 0 Å². The van der Waals surface area contributed by atoms with Crippen LogP contribution in [0.4, 0.5) is 5.69 Å². The van der Waals surface area contributed by atoms with Crippen molar-refractivity contribution in [1.29, 1.82) is 0 Å². The molecule has 0 radical (unpaired) electrons. The Morgan fingerprint density at radius 1 is 1.15 bits per heavy atom.